The van der Waals surface area contributed by atoms with Crippen molar-refractivity contribution in [3.8, 4) is 5.69 Å². The lowest BCUT2D eigenvalue weighted by atomic mass is 10.3. The number of aromatic nitrogens is 2. The van der Waals surface area contributed by atoms with Gasteiger partial charge in [-0.25, -0.2) is 4.98 Å². The molecular weight excluding hydrogens is 174 g/mol. The van der Waals surface area contributed by atoms with E-state index in [2.05, 4.69) is 35.5 Å². The van der Waals surface area contributed by atoms with E-state index in [0.717, 1.165) is 5.69 Å². The Kier molecular flexibility index (Phi) is 2.00. The van der Waals surface area contributed by atoms with Crippen LogP contribution >= 0.6 is 0 Å². The van der Waals surface area contributed by atoms with E-state index in [-0.39, 0.29) is 0 Å². The van der Waals surface area contributed by atoms with Gasteiger partial charge in [0.2, 0.25) is 0 Å². The third-order valence-electron chi connectivity index (χ3n) is 2.33. The van der Waals surface area contributed by atoms with E-state index in [1.54, 1.807) is 6.20 Å². The first-order valence-corrected chi connectivity index (χ1v) is 4.56. The molecule has 0 aromatic carbocycles. The molecule has 14 heavy (non-hydrogen) atoms. The Morgan fingerprint density at radius 1 is 1.14 bits per heavy atom. The van der Waals surface area contributed by atoms with Crippen LogP contribution < -0.4 is 5.73 Å². The van der Waals surface area contributed by atoms with E-state index >= 15 is 0 Å². The van der Waals surface area contributed by atoms with Crippen LogP contribution in [0, 0.1) is 13.8 Å². The highest BCUT2D eigenvalue weighted by Gasteiger charge is 2.06. The predicted octanol–water partition coefficient (Wildman–Crippen LogP) is 2.07. The molecule has 0 aliphatic carbocycles. The predicted molar refractivity (Wildman–Crippen MR) is 57.5 cm³/mol. The Morgan fingerprint density at radius 2 is 1.79 bits per heavy atom. The second-order valence-corrected chi connectivity index (χ2v) is 3.36. The van der Waals surface area contributed by atoms with Crippen LogP contribution in [0.1, 0.15) is 11.4 Å². The van der Waals surface area contributed by atoms with Gasteiger partial charge >= 0.3 is 0 Å². The summed E-state index contributed by atoms with van der Waals surface area (Å²) in [6, 6.07) is 8.01. The molecule has 0 atom stereocenters. The molecule has 2 heterocycles. The number of hydrogen-bond acceptors (Lipinski definition) is 2. The number of nitrogen functional groups attached to an aromatic ring is 1. The van der Waals surface area contributed by atoms with Crippen molar-refractivity contribution in [2.24, 2.45) is 0 Å². The fourth-order valence-electron chi connectivity index (χ4n) is 1.65. The maximum atomic E-state index is 5.82. The van der Waals surface area contributed by atoms with Crippen molar-refractivity contribution in [3.05, 3.63) is 41.9 Å². The van der Waals surface area contributed by atoms with E-state index in [1.807, 2.05) is 12.1 Å². The zero-order valence-corrected chi connectivity index (χ0v) is 8.36. The first kappa shape index (κ1) is 8.81. The van der Waals surface area contributed by atoms with E-state index < -0.39 is 0 Å². The zero-order valence-electron chi connectivity index (χ0n) is 8.36. The average Bonchev–Trinajstić information content (AvgIpc) is 2.48. The van der Waals surface area contributed by atoms with Crippen LogP contribution in [0.2, 0.25) is 0 Å². The minimum Gasteiger partial charge on any atom is -0.382 e. The first-order chi connectivity index (χ1) is 6.70. The molecule has 0 aliphatic heterocycles. The summed E-state index contributed by atoms with van der Waals surface area (Å²) in [5, 5.41) is 0. The smallest absolute Gasteiger partial charge is 0.147 e. The minimum atomic E-state index is 0.565. The molecule has 0 unspecified atom stereocenters. The van der Waals surface area contributed by atoms with Gasteiger partial charge in [-0.05, 0) is 38.1 Å². The third kappa shape index (κ3) is 1.27. The fourth-order valence-corrected chi connectivity index (χ4v) is 1.65. The van der Waals surface area contributed by atoms with Gasteiger partial charge in [0, 0.05) is 17.6 Å². The van der Waals surface area contributed by atoms with Gasteiger partial charge in [0.05, 0.1) is 5.69 Å². The number of nitrogens with two attached hydrogens (primary N) is 1. The molecule has 2 aromatic heterocycles. The largest absolute Gasteiger partial charge is 0.382 e. The Labute approximate surface area is 83.2 Å². The Bertz CT molecular complexity index is 438. The van der Waals surface area contributed by atoms with Gasteiger partial charge in [-0.15, -0.1) is 0 Å². The maximum Gasteiger partial charge on any atom is 0.147 e. The van der Waals surface area contributed by atoms with Crippen LogP contribution in [0.25, 0.3) is 5.69 Å². The van der Waals surface area contributed by atoms with Crippen molar-refractivity contribution in [1.29, 1.82) is 0 Å². The van der Waals surface area contributed by atoms with E-state index in [4.69, 9.17) is 5.73 Å². The molecule has 3 heteroatoms. The van der Waals surface area contributed by atoms with Crippen molar-refractivity contribution in [2.45, 2.75) is 13.8 Å². The lowest BCUT2D eigenvalue weighted by Gasteiger charge is -2.10. The van der Waals surface area contributed by atoms with E-state index in [1.165, 1.54) is 11.4 Å². The quantitative estimate of drug-likeness (QED) is 0.742. The number of pyridine rings is 1. The molecule has 72 valence electrons. The summed E-state index contributed by atoms with van der Waals surface area (Å²) >= 11 is 0. The Hall–Kier alpha value is -1.77. The number of nitrogens with zero attached hydrogens (tertiary/aromatic N) is 2. The molecule has 2 aromatic rings. The molecule has 2 N–H and O–H groups in total. The van der Waals surface area contributed by atoms with Gasteiger partial charge in [0.1, 0.15) is 5.82 Å². The standard InChI is InChI=1S/C11H13N3/c1-8-5-6-9(2)14(8)10-4-3-7-13-11(10)12/h3-7H,1-2H3,(H2,12,13). The van der Waals surface area contributed by atoms with Crippen LogP contribution in [0.4, 0.5) is 5.82 Å². The van der Waals surface area contributed by atoms with E-state index in [9.17, 15) is 0 Å². The number of hydrogen-bond donors (Lipinski definition) is 1. The highest BCUT2D eigenvalue weighted by molar-refractivity contribution is 5.53. The van der Waals surface area contributed by atoms with Gasteiger partial charge in [-0.2, -0.15) is 0 Å². The number of anilines is 1. The van der Waals surface area contributed by atoms with Crippen molar-refractivity contribution in [2.75, 3.05) is 5.73 Å². The van der Waals surface area contributed by atoms with Crippen molar-refractivity contribution >= 4 is 5.82 Å². The molecule has 0 spiro atoms. The first-order valence-electron chi connectivity index (χ1n) is 4.56. The van der Waals surface area contributed by atoms with Crippen LogP contribution in [0.5, 0.6) is 0 Å². The topological polar surface area (TPSA) is 43.8 Å². The summed E-state index contributed by atoms with van der Waals surface area (Å²) in [4.78, 5) is 4.07. The van der Waals surface area contributed by atoms with Gasteiger partial charge < -0.3 is 10.3 Å². The highest BCUT2D eigenvalue weighted by Crippen LogP contribution is 2.19. The van der Waals surface area contributed by atoms with Crippen molar-refractivity contribution in [1.82, 2.24) is 9.55 Å². The lowest BCUT2D eigenvalue weighted by molar-refractivity contribution is 0.960. The molecule has 0 radical (unpaired) electrons. The minimum absolute atomic E-state index is 0.565. The number of aryl methyl sites for hydroxylation is 2. The summed E-state index contributed by atoms with van der Waals surface area (Å²) in [6.07, 6.45) is 1.70. The lowest BCUT2D eigenvalue weighted by Crippen LogP contribution is -2.04. The van der Waals surface area contributed by atoms with Gasteiger partial charge in [0.25, 0.3) is 0 Å². The molecule has 0 amide bonds. The third-order valence-corrected chi connectivity index (χ3v) is 2.33. The average molecular weight is 187 g/mol. The molecule has 0 saturated carbocycles. The summed E-state index contributed by atoms with van der Waals surface area (Å²) in [7, 11) is 0. The van der Waals surface area contributed by atoms with Crippen LogP contribution in [0.3, 0.4) is 0 Å². The summed E-state index contributed by atoms with van der Waals surface area (Å²) < 4.78 is 2.10. The van der Waals surface area contributed by atoms with Gasteiger partial charge in [-0.1, -0.05) is 0 Å². The molecule has 0 aliphatic rings. The molecule has 0 saturated heterocycles. The molecule has 0 bridgehead atoms. The molecule has 3 nitrogen and oxygen atoms in total. The summed E-state index contributed by atoms with van der Waals surface area (Å²) in [5.41, 5.74) is 9.11. The summed E-state index contributed by atoms with van der Waals surface area (Å²) in [6.45, 7) is 4.11. The van der Waals surface area contributed by atoms with Crippen molar-refractivity contribution in [3.63, 3.8) is 0 Å². The number of rotatable bonds is 1. The Balaban J connectivity index is 2.66. The van der Waals surface area contributed by atoms with Crippen LogP contribution in [0.15, 0.2) is 30.5 Å². The zero-order chi connectivity index (χ0) is 10.1. The van der Waals surface area contributed by atoms with Gasteiger partial charge in [0.15, 0.2) is 0 Å². The van der Waals surface area contributed by atoms with E-state index in [0.29, 0.717) is 5.82 Å². The molecule has 0 fully saturated rings. The second kappa shape index (κ2) is 3.18. The highest BCUT2D eigenvalue weighted by atomic mass is 15.0. The van der Waals surface area contributed by atoms with Crippen LogP contribution in [-0.4, -0.2) is 9.55 Å². The molecule has 2 rings (SSSR count). The Morgan fingerprint density at radius 3 is 2.36 bits per heavy atom. The summed E-state index contributed by atoms with van der Waals surface area (Å²) in [5.74, 6) is 0.565. The second-order valence-electron chi connectivity index (χ2n) is 3.36. The SMILES string of the molecule is Cc1ccc(C)n1-c1cccnc1N. The fraction of sp³-hybridized carbons (Fsp3) is 0.182. The van der Waals surface area contributed by atoms with Crippen molar-refractivity contribution < 1.29 is 0 Å². The normalized spacial score (nSPS) is 10.4. The monoisotopic (exact) mass is 187 g/mol. The molecular formula is C11H13N3. The maximum absolute atomic E-state index is 5.82. The van der Waals surface area contributed by atoms with Crippen LogP contribution in [-0.2, 0) is 0 Å². The van der Waals surface area contributed by atoms with Gasteiger partial charge in [-0.3, -0.25) is 0 Å².